The quantitative estimate of drug-likeness (QED) is 0.562. The Bertz CT molecular complexity index is 958. The van der Waals surface area contributed by atoms with Crippen LogP contribution >= 0.6 is 15.9 Å². The number of alkyl carbamates (subject to hydrolysis) is 1. The van der Waals surface area contributed by atoms with Gasteiger partial charge < -0.3 is 24.8 Å². The Morgan fingerprint density at radius 2 is 2.19 bits per heavy atom. The van der Waals surface area contributed by atoms with Crippen LogP contribution in [0.25, 0.3) is 11.0 Å². The molecule has 1 aliphatic heterocycles. The lowest BCUT2D eigenvalue weighted by atomic mass is 10.0. The van der Waals surface area contributed by atoms with Crippen LogP contribution in [0.3, 0.4) is 0 Å². The number of ether oxygens (including phenoxy) is 1. The maximum atomic E-state index is 12.4. The number of fused-ring (bicyclic) bond motifs is 1. The molecule has 31 heavy (non-hydrogen) atoms. The van der Waals surface area contributed by atoms with Gasteiger partial charge in [-0.1, -0.05) is 13.3 Å². The molecule has 0 aromatic carbocycles. The van der Waals surface area contributed by atoms with Crippen LogP contribution in [0.1, 0.15) is 52.4 Å². The molecule has 168 valence electrons. The van der Waals surface area contributed by atoms with Crippen LogP contribution in [0, 0.1) is 0 Å². The van der Waals surface area contributed by atoms with E-state index >= 15 is 0 Å². The molecule has 3 heterocycles. The highest BCUT2D eigenvalue weighted by Crippen LogP contribution is 2.43. The highest BCUT2D eigenvalue weighted by Gasteiger charge is 2.35. The zero-order valence-electron chi connectivity index (χ0n) is 18.1. The molecule has 1 aliphatic carbocycles. The summed E-state index contributed by atoms with van der Waals surface area (Å²) in [5, 5.41) is 3.96. The monoisotopic (exact) mass is 491 g/mol. The molecular formula is C22H30BrN5O3. The molecule has 1 atom stereocenters. The Kier molecular flexibility index (Phi) is 6.69. The second-order valence-electron chi connectivity index (χ2n) is 8.39. The molecule has 8 nitrogen and oxygen atoms in total. The van der Waals surface area contributed by atoms with E-state index in [1.54, 1.807) is 13.1 Å². The van der Waals surface area contributed by atoms with Crippen molar-refractivity contribution in [2.45, 2.75) is 64.5 Å². The maximum absolute atomic E-state index is 12.4. The molecule has 2 aromatic heterocycles. The zero-order chi connectivity index (χ0) is 22.0. The van der Waals surface area contributed by atoms with Gasteiger partial charge in [0.1, 0.15) is 5.65 Å². The van der Waals surface area contributed by atoms with Gasteiger partial charge in [-0.15, -0.1) is 0 Å². The smallest absolute Gasteiger partial charge is 0.407 e. The topological polar surface area (TPSA) is 90.6 Å². The first kappa shape index (κ1) is 21.9. The van der Waals surface area contributed by atoms with Crippen molar-refractivity contribution in [3.63, 3.8) is 0 Å². The molecule has 1 saturated carbocycles. The highest BCUT2D eigenvalue weighted by atomic mass is 79.9. The van der Waals surface area contributed by atoms with Gasteiger partial charge in [0.25, 0.3) is 0 Å². The molecular weight excluding hydrogens is 462 g/mol. The van der Waals surface area contributed by atoms with Crippen molar-refractivity contribution in [3.8, 4) is 0 Å². The summed E-state index contributed by atoms with van der Waals surface area (Å²) >= 11 is 3.69. The molecule has 1 unspecified atom stereocenters. The Morgan fingerprint density at radius 1 is 1.39 bits per heavy atom. The van der Waals surface area contributed by atoms with Crippen LogP contribution in [-0.4, -0.2) is 53.7 Å². The summed E-state index contributed by atoms with van der Waals surface area (Å²) in [6.45, 7) is 5.68. The standard InChI is InChI=1S/C22H30BrN5O3/c1-3-4-10-31-22(30)26-15-6-5-9-27(13-15)20-17(23)11-24-21-19(20)18(12-25-21)28(14(2)29)16-7-8-16/h11-12,15-16H,3-10,13H2,1-2H3,(H,24,25)(H,26,30). The number of hydrogen-bond acceptors (Lipinski definition) is 5. The minimum atomic E-state index is -0.349. The number of rotatable bonds is 7. The Morgan fingerprint density at radius 3 is 2.90 bits per heavy atom. The van der Waals surface area contributed by atoms with Crippen molar-refractivity contribution >= 4 is 50.3 Å². The Balaban J connectivity index is 1.59. The fourth-order valence-corrected chi connectivity index (χ4v) is 4.86. The summed E-state index contributed by atoms with van der Waals surface area (Å²) in [6.07, 6.45) is 9.11. The number of carbonyl (C=O) groups is 2. The van der Waals surface area contributed by atoms with Gasteiger partial charge in [-0.05, 0) is 48.0 Å². The molecule has 0 spiro atoms. The number of unbranched alkanes of at least 4 members (excludes halogenated alkanes) is 1. The summed E-state index contributed by atoms with van der Waals surface area (Å²) in [7, 11) is 0. The normalized spacial score (nSPS) is 18.8. The number of piperidine rings is 1. The number of halogens is 1. The molecule has 2 amide bonds. The van der Waals surface area contributed by atoms with Crippen molar-refractivity contribution < 1.29 is 14.3 Å². The average molecular weight is 492 g/mol. The summed E-state index contributed by atoms with van der Waals surface area (Å²) in [6, 6.07) is 0.268. The third kappa shape index (κ3) is 4.81. The predicted octanol–water partition coefficient (Wildman–Crippen LogP) is 4.34. The van der Waals surface area contributed by atoms with Crippen LogP contribution < -0.4 is 15.1 Å². The van der Waals surface area contributed by atoms with Crippen LogP contribution in [0.15, 0.2) is 16.9 Å². The van der Waals surface area contributed by atoms with Gasteiger partial charge >= 0.3 is 6.09 Å². The zero-order valence-corrected chi connectivity index (χ0v) is 19.7. The molecule has 2 aromatic rings. The Labute approximate surface area is 190 Å². The molecule has 4 rings (SSSR count). The summed E-state index contributed by atoms with van der Waals surface area (Å²) < 4.78 is 6.16. The number of carbonyl (C=O) groups excluding carboxylic acids is 2. The van der Waals surface area contributed by atoms with Gasteiger partial charge in [-0.2, -0.15) is 0 Å². The number of H-pyrrole nitrogens is 1. The molecule has 1 saturated heterocycles. The third-order valence-corrected chi connectivity index (χ3v) is 6.49. The predicted molar refractivity (Wildman–Crippen MR) is 125 cm³/mol. The van der Waals surface area contributed by atoms with Crippen molar-refractivity contribution in [1.29, 1.82) is 0 Å². The van der Waals surface area contributed by atoms with Gasteiger partial charge in [0.2, 0.25) is 5.91 Å². The number of amides is 2. The molecule has 0 bridgehead atoms. The van der Waals surface area contributed by atoms with Gasteiger partial charge in [0.05, 0.1) is 27.8 Å². The van der Waals surface area contributed by atoms with E-state index in [0.717, 1.165) is 72.0 Å². The molecule has 2 fully saturated rings. The lowest BCUT2D eigenvalue weighted by Gasteiger charge is -2.36. The lowest BCUT2D eigenvalue weighted by Crippen LogP contribution is -2.48. The first-order valence-corrected chi connectivity index (χ1v) is 11.9. The summed E-state index contributed by atoms with van der Waals surface area (Å²) in [5.74, 6) is 0.0438. The lowest BCUT2D eigenvalue weighted by molar-refractivity contribution is -0.116. The van der Waals surface area contributed by atoms with E-state index in [9.17, 15) is 9.59 Å². The van der Waals surface area contributed by atoms with Gasteiger partial charge in [0.15, 0.2) is 0 Å². The number of hydrogen-bond donors (Lipinski definition) is 2. The number of nitrogens with zero attached hydrogens (tertiary/aromatic N) is 3. The minimum absolute atomic E-state index is 0.00715. The first-order chi connectivity index (χ1) is 15.0. The largest absolute Gasteiger partial charge is 0.450 e. The highest BCUT2D eigenvalue weighted by molar-refractivity contribution is 9.10. The van der Waals surface area contributed by atoms with E-state index < -0.39 is 0 Å². The van der Waals surface area contributed by atoms with Gasteiger partial charge in [0, 0.05) is 44.5 Å². The Hall–Kier alpha value is -2.29. The van der Waals surface area contributed by atoms with E-state index in [1.165, 1.54) is 0 Å². The molecule has 2 N–H and O–H groups in total. The third-order valence-electron chi connectivity index (χ3n) is 5.91. The first-order valence-electron chi connectivity index (χ1n) is 11.1. The second kappa shape index (κ2) is 9.46. The van der Waals surface area contributed by atoms with Crippen LogP contribution in [0.5, 0.6) is 0 Å². The molecule has 9 heteroatoms. The fraction of sp³-hybridized carbons (Fsp3) is 0.591. The van der Waals surface area contributed by atoms with Crippen LogP contribution in [0.2, 0.25) is 0 Å². The van der Waals surface area contributed by atoms with E-state index in [2.05, 4.69) is 43.0 Å². The number of pyridine rings is 1. The van der Waals surface area contributed by atoms with E-state index in [-0.39, 0.29) is 24.1 Å². The van der Waals surface area contributed by atoms with Gasteiger partial charge in [-0.25, -0.2) is 9.78 Å². The maximum Gasteiger partial charge on any atom is 0.407 e. The summed E-state index contributed by atoms with van der Waals surface area (Å²) in [5.41, 5.74) is 2.65. The van der Waals surface area contributed by atoms with Crippen LogP contribution in [-0.2, 0) is 9.53 Å². The van der Waals surface area contributed by atoms with E-state index in [4.69, 9.17) is 4.74 Å². The number of nitrogens with one attached hydrogen (secondary N) is 2. The fourth-order valence-electron chi connectivity index (χ4n) is 4.31. The number of anilines is 2. The SMILES string of the molecule is CCCCOC(=O)NC1CCCN(c2c(Br)cnc3[nH]cc(N(C(C)=O)C4CC4)c23)C1. The van der Waals surface area contributed by atoms with Crippen molar-refractivity contribution in [2.75, 3.05) is 29.5 Å². The van der Waals surface area contributed by atoms with Crippen LogP contribution in [0.4, 0.5) is 16.2 Å². The van der Waals surface area contributed by atoms with Crippen molar-refractivity contribution in [3.05, 3.63) is 16.9 Å². The number of aromatic nitrogens is 2. The van der Waals surface area contributed by atoms with Crippen molar-refractivity contribution in [1.82, 2.24) is 15.3 Å². The average Bonchev–Trinajstić information content (AvgIpc) is 3.48. The second-order valence-corrected chi connectivity index (χ2v) is 9.25. The van der Waals surface area contributed by atoms with Gasteiger partial charge in [-0.3, -0.25) is 4.79 Å². The molecule has 0 radical (unpaired) electrons. The van der Waals surface area contributed by atoms with E-state index in [1.807, 2.05) is 11.1 Å². The van der Waals surface area contributed by atoms with E-state index in [0.29, 0.717) is 13.2 Å². The number of aromatic amines is 1. The minimum Gasteiger partial charge on any atom is -0.450 e. The molecule has 2 aliphatic rings. The summed E-state index contributed by atoms with van der Waals surface area (Å²) in [4.78, 5) is 36.5. The van der Waals surface area contributed by atoms with Crippen molar-refractivity contribution in [2.24, 2.45) is 0 Å².